The minimum Gasteiger partial charge on any atom is -0.394 e. The quantitative estimate of drug-likeness (QED) is 0.544. The van der Waals surface area contributed by atoms with E-state index in [4.69, 9.17) is 5.11 Å². The summed E-state index contributed by atoms with van der Waals surface area (Å²) in [5, 5.41) is 8.06. The molecule has 136 valence electrons. The first-order chi connectivity index (χ1) is 10.9. The molecule has 2 unspecified atom stereocenters. The van der Waals surface area contributed by atoms with Crippen molar-refractivity contribution in [2.45, 2.75) is 104 Å². The Morgan fingerprint density at radius 1 is 0.826 bits per heavy atom. The molecule has 0 radical (unpaired) electrons. The van der Waals surface area contributed by atoms with Crippen LogP contribution in [0.25, 0.3) is 0 Å². The molecule has 4 fully saturated rings. The molecule has 0 amide bonds. The average molecular weight is 323 g/mol. The van der Waals surface area contributed by atoms with Crippen LogP contribution >= 0.6 is 0 Å². The summed E-state index contributed by atoms with van der Waals surface area (Å²) < 4.78 is 0. The van der Waals surface area contributed by atoms with Crippen LogP contribution in [-0.4, -0.2) is 11.2 Å². The van der Waals surface area contributed by atoms with Crippen molar-refractivity contribution in [1.29, 1.82) is 0 Å². The second-order valence-corrected chi connectivity index (χ2v) is 10.1. The Labute approximate surface area is 146 Å². The van der Waals surface area contributed by atoms with Gasteiger partial charge in [0.1, 0.15) is 0 Å². The van der Waals surface area contributed by atoms with Crippen LogP contribution in [-0.2, 0) is 0 Å². The van der Waals surface area contributed by atoms with Gasteiger partial charge in [0, 0.05) is 7.53 Å². The van der Waals surface area contributed by atoms with E-state index in [2.05, 4.69) is 13.8 Å². The summed E-state index contributed by atoms with van der Waals surface area (Å²) in [6.07, 6.45) is 16.9. The first-order valence-corrected chi connectivity index (χ1v) is 10.5. The van der Waals surface area contributed by atoms with Crippen molar-refractivity contribution < 1.29 is 6.53 Å². The Kier molecular flexibility index (Phi) is 5.17. The first-order valence-electron chi connectivity index (χ1n) is 10.5. The number of rotatable bonds is 0. The van der Waals surface area contributed by atoms with Gasteiger partial charge in [-0.3, -0.25) is 0 Å². The minimum absolute atomic E-state index is 0. The lowest BCUT2D eigenvalue weighted by molar-refractivity contribution is -0.103. The second kappa shape index (κ2) is 6.70. The molecule has 0 bridgehead atoms. The van der Waals surface area contributed by atoms with Gasteiger partial charge in [-0.25, -0.2) is 0 Å². The predicted octanol–water partition coefficient (Wildman–Crippen LogP) is 6.44. The van der Waals surface area contributed by atoms with E-state index < -0.39 is 0 Å². The molecule has 1 nitrogen and oxygen atoms in total. The maximum absolute atomic E-state index is 8.06. The van der Waals surface area contributed by atoms with Gasteiger partial charge in [-0.15, -0.1) is 0 Å². The third kappa shape index (κ3) is 3.24. The highest BCUT2D eigenvalue weighted by Gasteiger charge is 2.56. The monoisotopic (exact) mass is 322 g/mol. The van der Waals surface area contributed by atoms with Crippen molar-refractivity contribution in [3.05, 3.63) is 0 Å². The van der Waals surface area contributed by atoms with Gasteiger partial charge in [-0.2, -0.15) is 0 Å². The second-order valence-electron chi connectivity index (χ2n) is 10.1. The van der Waals surface area contributed by atoms with E-state index in [1.54, 1.807) is 65.2 Å². The largest absolute Gasteiger partial charge is 0.394 e. The maximum Gasteiger partial charge on any atom is 0.0483 e. The fraction of sp³-hybridized carbons (Fsp3) is 1.00. The van der Waals surface area contributed by atoms with Crippen molar-refractivity contribution in [3.63, 3.8) is 0 Å². The topological polar surface area (TPSA) is 20.2 Å². The van der Waals surface area contributed by atoms with Crippen LogP contribution in [0, 0.1) is 34.5 Å². The van der Waals surface area contributed by atoms with Gasteiger partial charge in [-0.05, 0) is 99.7 Å². The number of hydrogen-bond donors (Lipinski definition) is 1. The molecular formula is C22H42O. The van der Waals surface area contributed by atoms with Gasteiger partial charge in [0.25, 0.3) is 0 Å². The molecule has 0 heterocycles. The van der Waals surface area contributed by atoms with Crippen LogP contribution in [0.1, 0.15) is 99.8 Å². The molecular weight excluding hydrogens is 280 g/mol. The standard InChI is InChI=1S/C19H32.C3H8O.H2/c1-18-11-5-7-16(18)15-9-8-14-6-3-4-12-19(14,2)17(15)10-13-18;1-3(2)4;/h14-17H,3-13H2,1-2H3;3-4H,1-2H3;1H/t14-,15?,16+,17+,18?,19+;;/m1../s1. The number of aliphatic hydroxyl groups excluding tert-OH is 1. The third-order valence-electron chi connectivity index (χ3n) is 8.36. The fourth-order valence-corrected chi connectivity index (χ4v) is 7.29. The number of hydrogen-bond acceptors (Lipinski definition) is 1. The van der Waals surface area contributed by atoms with Crippen molar-refractivity contribution in [2.24, 2.45) is 34.5 Å². The molecule has 0 aromatic carbocycles. The molecule has 0 spiro atoms. The Morgan fingerprint density at radius 2 is 1.57 bits per heavy atom. The van der Waals surface area contributed by atoms with Gasteiger partial charge in [0.2, 0.25) is 0 Å². The lowest BCUT2D eigenvalue weighted by Gasteiger charge is -2.60. The van der Waals surface area contributed by atoms with Gasteiger partial charge >= 0.3 is 0 Å². The summed E-state index contributed by atoms with van der Waals surface area (Å²) in [6.45, 7) is 8.78. The van der Waals surface area contributed by atoms with E-state index in [-0.39, 0.29) is 7.53 Å². The molecule has 0 aromatic heterocycles. The first kappa shape index (κ1) is 17.8. The predicted molar refractivity (Wildman–Crippen MR) is 100 cm³/mol. The summed E-state index contributed by atoms with van der Waals surface area (Å²) in [7, 11) is 0. The van der Waals surface area contributed by atoms with Crippen LogP contribution in [0.5, 0.6) is 0 Å². The van der Waals surface area contributed by atoms with Gasteiger partial charge in [0.15, 0.2) is 0 Å². The lowest BCUT2D eigenvalue weighted by atomic mass is 9.45. The Hall–Kier alpha value is -0.0400. The minimum atomic E-state index is -0.167. The average Bonchev–Trinajstić information content (AvgIpc) is 2.88. The summed E-state index contributed by atoms with van der Waals surface area (Å²) in [4.78, 5) is 0. The van der Waals surface area contributed by atoms with Crippen molar-refractivity contribution in [3.8, 4) is 0 Å². The highest BCUT2D eigenvalue weighted by atomic mass is 16.3. The highest BCUT2D eigenvalue weighted by molar-refractivity contribution is 5.06. The maximum atomic E-state index is 8.06. The van der Waals surface area contributed by atoms with Crippen molar-refractivity contribution in [1.82, 2.24) is 0 Å². The Morgan fingerprint density at radius 3 is 2.30 bits per heavy atom. The zero-order chi connectivity index (χ0) is 16.7. The van der Waals surface area contributed by atoms with E-state index in [1.165, 1.54) is 19.3 Å². The van der Waals surface area contributed by atoms with Crippen LogP contribution < -0.4 is 0 Å². The zero-order valence-electron chi connectivity index (χ0n) is 16.1. The normalized spacial score (nSPS) is 48.8. The van der Waals surface area contributed by atoms with Crippen molar-refractivity contribution in [2.75, 3.05) is 0 Å². The SMILES string of the molecule is CC(C)O.CC12CCC[C@H]1C1CC[C@H]3CCCC[C@]3(C)[C@H]1CC2.[HH]. The molecule has 0 aliphatic heterocycles. The Balaban J connectivity index is 0.000000379. The fourth-order valence-electron chi connectivity index (χ4n) is 7.29. The lowest BCUT2D eigenvalue weighted by Crippen LogP contribution is -2.51. The summed E-state index contributed by atoms with van der Waals surface area (Å²) in [5.41, 5.74) is 1.49. The summed E-state index contributed by atoms with van der Waals surface area (Å²) in [5.74, 6) is 4.41. The summed E-state index contributed by atoms with van der Waals surface area (Å²) >= 11 is 0. The molecule has 23 heavy (non-hydrogen) atoms. The van der Waals surface area contributed by atoms with E-state index in [0.717, 1.165) is 34.5 Å². The third-order valence-corrected chi connectivity index (χ3v) is 8.36. The molecule has 4 aliphatic carbocycles. The van der Waals surface area contributed by atoms with Crippen LogP contribution in [0.2, 0.25) is 0 Å². The molecule has 1 N–H and O–H groups in total. The van der Waals surface area contributed by atoms with Crippen LogP contribution in [0.3, 0.4) is 0 Å². The molecule has 0 aromatic rings. The number of fused-ring (bicyclic) bond motifs is 5. The molecule has 4 rings (SSSR count). The molecule has 4 aliphatic rings. The van der Waals surface area contributed by atoms with Gasteiger partial charge in [0.05, 0.1) is 0 Å². The zero-order valence-corrected chi connectivity index (χ0v) is 16.1. The van der Waals surface area contributed by atoms with Crippen LogP contribution in [0.4, 0.5) is 0 Å². The van der Waals surface area contributed by atoms with Gasteiger partial charge in [-0.1, -0.05) is 33.1 Å². The van der Waals surface area contributed by atoms with E-state index in [9.17, 15) is 0 Å². The summed E-state index contributed by atoms with van der Waals surface area (Å²) in [6, 6.07) is 0. The number of aliphatic hydroxyl groups is 1. The molecule has 6 atom stereocenters. The van der Waals surface area contributed by atoms with Crippen molar-refractivity contribution >= 4 is 0 Å². The van der Waals surface area contributed by atoms with Gasteiger partial charge < -0.3 is 5.11 Å². The Bertz CT molecular complexity index is 406. The molecule has 0 saturated heterocycles. The van der Waals surface area contributed by atoms with E-state index >= 15 is 0 Å². The molecule has 1 heteroatoms. The van der Waals surface area contributed by atoms with Crippen LogP contribution in [0.15, 0.2) is 0 Å². The van der Waals surface area contributed by atoms with E-state index in [0.29, 0.717) is 0 Å². The smallest absolute Gasteiger partial charge is 0.0483 e. The highest BCUT2D eigenvalue weighted by Crippen LogP contribution is 2.66. The van der Waals surface area contributed by atoms with E-state index in [1.807, 2.05) is 0 Å². The molecule has 4 saturated carbocycles.